The van der Waals surface area contributed by atoms with Gasteiger partial charge in [-0.05, 0) is 0 Å². The van der Waals surface area contributed by atoms with Crippen LogP contribution in [0.25, 0.3) is 0 Å². The molecule has 2 heterocycles. The van der Waals surface area contributed by atoms with Crippen molar-refractivity contribution in [2.24, 2.45) is 0 Å². The standard InChI is InChI=1S/C10H16N6OS/c1-16(2)10-14-9(17-3)7(18-10)4-11-5-8-12-6-13-15-8/h6,11H,4-5H2,1-3H3,(H,12,13,15). The van der Waals surface area contributed by atoms with Crippen LogP contribution >= 0.6 is 11.3 Å². The maximum Gasteiger partial charge on any atom is 0.230 e. The van der Waals surface area contributed by atoms with Crippen molar-refractivity contribution in [1.29, 1.82) is 0 Å². The van der Waals surface area contributed by atoms with Gasteiger partial charge in [0, 0.05) is 20.6 Å². The molecule has 0 saturated heterocycles. The van der Waals surface area contributed by atoms with Gasteiger partial charge in [0.05, 0.1) is 18.5 Å². The second-order valence-corrected chi connectivity index (χ2v) is 4.92. The molecule has 0 aliphatic heterocycles. The molecule has 0 aromatic carbocycles. The number of nitrogens with one attached hydrogen (secondary N) is 2. The van der Waals surface area contributed by atoms with Crippen LogP contribution in [0.1, 0.15) is 10.7 Å². The zero-order valence-electron chi connectivity index (χ0n) is 10.6. The molecule has 0 aliphatic carbocycles. The van der Waals surface area contributed by atoms with E-state index in [4.69, 9.17) is 4.74 Å². The SMILES string of the molecule is COc1nc(N(C)C)sc1CNCc1ncn[nH]1. The van der Waals surface area contributed by atoms with Crippen molar-refractivity contribution in [2.75, 3.05) is 26.1 Å². The number of aromatic amines is 1. The lowest BCUT2D eigenvalue weighted by Crippen LogP contribution is -2.13. The Morgan fingerprint density at radius 1 is 1.44 bits per heavy atom. The molecular weight excluding hydrogens is 252 g/mol. The Morgan fingerprint density at radius 3 is 2.89 bits per heavy atom. The van der Waals surface area contributed by atoms with E-state index in [2.05, 4.69) is 25.5 Å². The summed E-state index contributed by atoms with van der Waals surface area (Å²) in [6.45, 7) is 1.33. The molecule has 0 fully saturated rings. The molecule has 98 valence electrons. The third-order valence-electron chi connectivity index (χ3n) is 2.27. The Labute approximate surface area is 109 Å². The number of hydrogen-bond donors (Lipinski definition) is 2. The van der Waals surface area contributed by atoms with Gasteiger partial charge in [0.2, 0.25) is 5.88 Å². The van der Waals surface area contributed by atoms with Gasteiger partial charge in [-0.1, -0.05) is 11.3 Å². The smallest absolute Gasteiger partial charge is 0.230 e. The molecule has 8 heteroatoms. The zero-order valence-corrected chi connectivity index (χ0v) is 11.4. The van der Waals surface area contributed by atoms with Crippen LogP contribution in [-0.4, -0.2) is 41.4 Å². The van der Waals surface area contributed by atoms with Crippen molar-refractivity contribution in [1.82, 2.24) is 25.5 Å². The van der Waals surface area contributed by atoms with Gasteiger partial charge >= 0.3 is 0 Å². The molecule has 2 aromatic heterocycles. The topological polar surface area (TPSA) is 79.0 Å². The quantitative estimate of drug-likeness (QED) is 0.800. The fourth-order valence-corrected chi connectivity index (χ4v) is 2.32. The van der Waals surface area contributed by atoms with Crippen LogP contribution in [0, 0.1) is 0 Å². The highest BCUT2D eigenvalue weighted by atomic mass is 32.1. The lowest BCUT2D eigenvalue weighted by atomic mass is 10.5. The summed E-state index contributed by atoms with van der Waals surface area (Å²) in [6.07, 6.45) is 1.49. The fraction of sp³-hybridized carbons (Fsp3) is 0.500. The summed E-state index contributed by atoms with van der Waals surface area (Å²) >= 11 is 1.61. The minimum atomic E-state index is 0.637. The zero-order chi connectivity index (χ0) is 13.0. The van der Waals surface area contributed by atoms with Crippen molar-refractivity contribution in [3.63, 3.8) is 0 Å². The van der Waals surface area contributed by atoms with Gasteiger partial charge in [0.15, 0.2) is 5.13 Å². The highest BCUT2D eigenvalue weighted by Crippen LogP contribution is 2.30. The Hall–Kier alpha value is -1.67. The van der Waals surface area contributed by atoms with Gasteiger partial charge < -0.3 is 15.0 Å². The number of rotatable bonds is 6. The molecule has 0 aliphatic rings. The first-order valence-corrected chi connectivity index (χ1v) is 6.28. The fourth-order valence-electron chi connectivity index (χ4n) is 1.40. The summed E-state index contributed by atoms with van der Waals surface area (Å²) in [4.78, 5) is 11.5. The first-order chi connectivity index (χ1) is 8.70. The van der Waals surface area contributed by atoms with Crippen LogP contribution in [0.5, 0.6) is 5.88 Å². The van der Waals surface area contributed by atoms with E-state index in [-0.39, 0.29) is 0 Å². The molecule has 2 N–H and O–H groups in total. The predicted octanol–water partition coefficient (Wildman–Crippen LogP) is 0.626. The Kier molecular flexibility index (Phi) is 4.11. The van der Waals surface area contributed by atoms with Crippen LogP contribution in [0.15, 0.2) is 6.33 Å². The Balaban J connectivity index is 1.95. The van der Waals surface area contributed by atoms with Crippen LogP contribution in [0.2, 0.25) is 0 Å². The summed E-state index contributed by atoms with van der Waals surface area (Å²) in [5.41, 5.74) is 0. The summed E-state index contributed by atoms with van der Waals surface area (Å²) in [5.74, 6) is 1.49. The van der Waals surface area contributed by atoms with E-state index in [9.17, 15) is 0 Å². The number of ether oxygens (including phenoxy) is 1. The number of thiazole rings is 1. The number of nitrogens with zero attached hydrogens (tertiary/aromatic N) is 4. The molecule has 0 amide bonds. The van der Waals surface area contributed by atoms with E-state index in [0.29, 0.717) is 19.0 Å². The molecule has 7 nitrogen and oxygen atoms in total. The van der Waals surface area contributed by atoms with E-state index in [1.54, 1.807) is 18.4 Å². The molecule has 0 saturated carbocycles. The largest absolute Gasteiger partial charge is 0.480 e. The molecule has 18 heavy (non-hydrogen) atoms. The average Bonchev–Trinajstić information content (AvgIpc) is 2.97. The van der Waals surface area contributed by atoms with Gasteiger partial charge in [-0.25, -0.2) is 4.98 Å². The molecule has 0 radical (unpaired) electrons. The highest BCUT2D eigenvalue weighted by molar-refractivity contribution is 7.15. The summed E-state index contributed by atoms with van der Waals surface area (Å²) < 4.78 is 5.26. The van der Waals surface area contributed by atoms with Crippen LogP contribution in [-0.2, 0) is 13.1 Å². The van der Waals surface area contributed by atoms with E-state index in [0.717, 1.165) is 15.8 Å². The molecule has 2 aromatic rings. The molecule has 2 rings (SSSR count). The van der Waals surface area contributed by atoms with E-state index < -0.39 is 0 Å². The normalized spacial score (nSPS) is 10.6. The van der Waals surface area contributed by atoms with Crippen molar-refractivity contribution in [3.8, 4) is 5.88 Å². The minimum Gasteiger partial charge on any atom is -0.480 e. The van der Waals surface area contributed by atoms with Crippen LogP contribution < -0.4 is 15.0 Å². The first kappa shape index (κ1) is 12.8. The third-order valence-corrected chi connectivity index (χ3v) is 3.47. The number of anilines is 1. The van der Waals surface area contributed by atoms with Gasteiger partial charge in [-0.15, -0.1) is 0 Å². The number of methoxy groups -OCH3 is 1. The van der Waals surface area contributed by atoms with Crippen molar-refractivity contribution in [3.05, 3.63) is 17.0 Å². The van der Waals surface area contributed by atoms with Crippen molar-refractivity contribution >= 4 is 16.5 Å². The number of hydrogen-bond acceptors (Lipinski definition) is 7. The minimum absolute atomic E-state index is 0.637. The Morgan fingerprint density at radius 2 is 2.28 bits per heavy atom. The predicted molar refractivity (Wildman–Crippen MR) is 69.9 cm³/mol. The van der Waals surface area contributed by atoms with Crippen molar-refractivity contribution < 1.29 is 4.74 Å². The lowest BCUT2D eigenvalue weighted by Gasteiger charge is -2.04. The maximum atomic E-state index is 5.26. The maximum absolute atomic E-state index is 5.26. The van der Waals surface area contributed by atoms with E-state index in [1.807, 2.05) is 19.0 Å². The molecule has 0 bridgehead atoms. The summed E-state index contributed by atoms with van der Waals surface area (Å²) in [6, 6.07) is 0. The first-order valence-electron chi connectivity index (χ1n) is 5.46. The summed E-state index contributed by atoms with van der Waals surface area (Å²) in [7, 11) is 5.56. The van der Waals surface area contributed by atoms with Gasteiger partial charge in [-0.3, -0.25) is 5.10 Å². The van der Waals surface area contributed by atoms with Crippen molar-refractivity contribution in [2.45, 2.75) is 13.1 Å². The third kappa shape index (κ3) is 2.96. The number of H-pyrrole nitrogens is 1. The molecule has 0 spiro atoms. The highest BCUT2D eigenvalue weighted by Gasteiger charge is 2.12. The number of aromatic nitrogens is 4. The average molecular weight is 268 g/mol. The van der Waals surface area contributed by atoms with Gasteiger partial charge in [0.25, 0.3) is 0 Å². The summed E-state index contributed by atoms with van der Waals surface area (Å²) in [5, 5.41) is 10.8. The van der Waals surface area contributed by atoms with Crippen LogP contribution in [0.4, 0.5) is 5.13 Å². The van der Waals surface area contributed by atoms with E-state index >= 15 is 0 Å². The monoisotopic (exact) mass is 268 g/mol. The molecule has 0 atom stereocenters. The second-order valence-electron chi connectivity index (χ2n) is 3.86. The molecular formula is C10H16N6OS. The van der Waals surface area contributed by atoms with Crippen LogP contribution in [0.3, 0.4) is 0 Å². The second kappa shape index (κ2) is 5.78. The Bertz CT molecular complexity index is 481. The van der Waals surface area contributed by atoms with Gasteiger partial charge in [-0.2, -0.15) is 10.1 Å². The van der Waals surface area contributed by atoms with E-state index in [1.165, 1.54) is 6.33 Å². The van der Waals surface area contributed by atoms with Gasteiger partial charge in [0.1, 0.15) is 12.2 Å². The molecule has 0 unspecified atom stereocenters. The lowest BCUT2D eigenvalue weighted by molar-refractivity contribution is 0.394.